The molecule has 92 valence electrons. The summed E-state index contributed by atoms with van der Waals surface area (Å²) in [6.45, 7) is 1.24. The zero-order valence-corrected chi connectivity index (χ0v) is 10.2. The SMILES string of the molecule is O=C(Cc1cc(Cl)ccc1F)C1CCOCC1. The smallest absolute Gasteiger partial charge is 0.140 e. The molecule has 0 aliphatic carbocycles. The number of hydrogen-bond donors (Lipinski definition) is 0. The zero-order valence-electron chi connectivity index (χ0n) is 9.42. The number of benzene rings is 1. The Morgan fingerprint density at radius 3 is 2.82 bits per heavy atom. The fraction of sp³-hybridized carbons (Fsp3) is 0.462. The minimum atomic E-state index is -0.366. The Bertz CT molecular complexity index is 414. The van der Waals surface area contributed by atoms with Gasteiger partial charge in [-0.15, -0.1) is 0 Å². The van der Waals surface area contributed by atoms with Gasteiger partial charge in [-0.25, -0.2) is 4.39 Å². The second kappa shape index (κ2) is 5.61. The van der Waals surface area contributed by atoms with Crippen LogP contribution in [0.5, 0.6) is 0 Å². The van der Waals surface area contributed by atoms with Gasteiger partial charge in [0.1, 0.15) is 11.6 Å². The van der Waals surface area contributed by atoms with E-state index in [0.29, 0.717) is 23.8 Å². The minimum absolute atomic E-state index is 0.00197. The van der Waals surface area contributed by atoms with Crippen molar-refractivity contribution < 1.29 is 13.9 Å². The molecule has 1 aliphatic rings. The molecule has 2 nitrogen and oxygen atoms in total. The summed E-state index contributed by atoms with van der Waals surface area (Å²) < 4.78 is 18.7. The van der Waals surface area contributed by atoms with Gasteiger partial charge in [-0.1, -0.05) is 11.6 Å². The molecular formula is C13H14ClFO2. The van der Waals surface area contributed by atoms with Crippen LogP contribution >= 0.6 is 11.6 Å². The van der Waals surface area contributed by atoms with Crippen molar-refractivity contribution in [2.24, 2.45) is 5.92 Å². The molecule has 0 unspecified atom stereocenters. The topological polar surface area (TPSA) is 26.3 Å². The average molecular weight is 257 g/mol. The molecular weight excluding hydrogens is 243 g/mol. The Morgan fingerprint density at radius 1 is 1.41 bits per heavy atom. The molecule has 0 radical (unpaired) electrons. The second-order valence-corrected chi connectivity index (χ2v) is 4.70. The lowest BCUT2D eigenvalue weighted by atomic mass is 9.91. The molecule has 2 rings (SSSR count). The quantitative estimate of drug-likeness (QED) is 0.831. The third kappa shape index (κ3) is 3.27. The summed E-state index contributed by atoms with van der Waals surface area (Å²) in [5.74, 6) is -0.286. The normalized spacial score (nSPS) is 17.1. The van der Waals surface area contributed by atoms with Crippen LogP contribution in [0.4, 0.5) is 4.39 Å². The van der Waals surface area contributed by atoms with E-state index >= 15 is 0 Å². The monoisotopic (exact) mass is 256 g/mol. The molecule has 1 heterocycles. The highest BCUT2D eigenvalue weighted by Gasteiger charge is 2.22. The number of rotatable bonds is 3. The van der Waals surface area contributed by atoms with Crippen molar-refractivity contribution in [3.05, 3.63) is 34.6 Å². The van der Waals surface area contributed by atoms with Crippen molar-refractivity contribution in [2.45, 2.75) is 19.3 Å². The first-order valence-electron chi connectivity index (χ1n) is 5.71. The van der Waals surface area contributed by atoms with Crippen LogP contribution in [0.25, 0.3) is 0 Å². The summed E-state index contributed by atoms with van der Waals surface area (Å²) in [4.78, 5) is 12.0. The molecule has 4 heteroatoms. The summed E-state index contributed by atoms with van der Waals surface area (Å²) in [5, 5.41) is 0.459. The van der Waals surface area contributed by atoms with Crippen molar-refractivity contribution in [2.75, 3.05) is 13.2 Å². The van der Waals surface area contributed by atoms with Crippen LogP contribution < -0.4 is 0 Å². The van der Waals surface area contributed by atoms with Crippen LogP contribution in [0.15, 0.2) is 18.2 Å². The van der Waals surface area contributed by atoms with Crippen LogP contribution in [-0.2, 0) is 16.0 Å². The molecule has 0 saturated carbocycles. The van der Waals surface area contributed by atoms with E-state index in [0.717, 1.165) is 12.8 Å². The lowest BCUT2D eigenvalue weighted by Crippen LogP contribution is -2.25. The Hall–Kier alpha value is -0.930. The van der Waals surface area contributed by atoms with Crippen LogP contribution in [-0.4, -0.2) is 19.0 Å². The van der Waals surface area contributed by atoms with Gasteiger partial charge < -0.3 is 4.74 Å². The van der Waals surface area contributed by atoms with E-state index in [4.69, 9.17) is 16.3 Å². The van der Waals surface area contributed by atoms with Crippen LogP contribution in [0.3, 0.4) is 0 Å². The lowest BCUT2D eigenvalue weighted by molar-refractivity contribution is -0.125. The summed E-state index contributed by atoms with van der Waals surface area (Å²) in [6, 6.07) is 4.31. The molecule has 0 amide bonds. The third-order valence-electron chi connectivity index (χ3n) is 3.05. The molecule has 1 fully saturated rings. The molecule has 17 heavy (non-hydrogen) atoms. The predicted octanol–water partition coefficient (Wildman–Crippen LogP) is 3.02. The number of halogens is 2. The van der Waals surface area contributed by atoms with Gasteiger partial charge in [-0.2, -0.15) is 0 Å². The molecule has 0 N–H and O–H groups in total. The first kappa shape index (κ1) is 12.5. The van der Waals surface area contributed by atoms with Crippen molar-refractivity contribution in [3.8, 4) is 0 Å². The Balaban J connectivity index is 2.04. The maximum absolute atomic E-state index is 13.5. The average Bonchev–Trinajstić information content (AvgIpc) is 2.35. The second-order valence-electron chi connectivity index (χ2n) is 4.27. The van der Waals surface area contributed by atoms with Gasteiger partial charge in [0.2, 0.25) is 0 Å². The van der Waals surface area contributed by atoms with E-state index in [-0.39, 0.29) is 23.9 Å². The van der Waals surface area contributed by atoms with Crippen LogP contribution in [0.1, 0.15) is 18.4 Å². The Morgan fingerprint density at radius 2 is 2.12 bits per heavy atom. The largest absolute Gasteiger partial charge is 0.381 e. The van der Waals surface area contributed by atoms with Crippen molar-refractivity contribution in [3.63, 3.8) is 0 Å². The van der Waals surface area contributed by atoms with Gasteiger partial charge in [-0.05, 0) is 36.6 Å². The highest BCUT2D eigenvalue weighted by molar-refractivity contribution is 6.30. The Labute approximate surface area is 105 Å². The van der Waals surface area contributed by atoms with Gasteiger partial charge in [0, 0.05) is 30.6 Å². The first-order chi connectivity index (χ1) is 8.16. The summed E-state index contributed by atoms with van der Waals surface area (Å²) in [7, 11) is 0. The molecule has 1 aromatic rings. The number of Topliss-reactive ketones (excluding diaryl/α,β-unsaturated/α-hetero) is 1. The summed E-state index contributed by atoms with van der Waals surface area (Å²) in [5.41, 5.74) is 0.383. The number of ketones is 1. The van der Waals surface area contributed by atoms with Crippen molar-refractivity contribution in [1.82, 2.24) is 0 Å². The van der Waals surface area contributed by atoms with Gasteiger partial charge in [-0.3, -0.25) is 4.79 Å². The maximum Gasteiger partial charge on any atom is 0.140 e. The minimum Gasteiger partial charge on any atom is -0.381 e. The summed E-state index contributed by atoms with van der Waals surface area (Å²) >= 11 is 5.79. The molecule has 1 saturated heterocycles. The fourth-order valence-electron chi connectivity index (χ4n) is 2.03. The predicted molar refractivity (Wildman–Crippen MR) is 63.7 cm³/mol. The van der Waals surface area contributed by atoms with E-state index in [2.05, 4.69) is 0 Å². The molecule has 0 bridgehead atoms. The molecule has 1 aromatic carbocycles. The van der Waals surface area contributed by atoms with Gasteiger partial charge >= 0.3 is 0 Å². The molecule has 0 aromatic heterocycles. The summed E-state index contributed by atoms with van der Waals surface area (Å²) in [6.07, 6.45) is 1.60. The van der Waals surface area contributed by atoms with E-state index < -0.39 is 0 Å². The van der Waals surface area contributed by atoms with E-state index in [1.165, 1.54) is 18.2 Å². The number of hydrogen-bond acceptors (Lipinski definition) is 2. The maximum atomic E-state index is 13.5. The van der Waals surface area contributed by atoms with Gasteiger partial charge in [0.05, 0.1) is 0 Å². The zero-order chi connectivity index (χ0) is 12.3. The van der Waals surface area contributed by atoms with Crippen LogP contribution in [0.2, 0.25) is 5.02 Å². The highest BCUT2D eigenvalue weighted by Crippen LogP contribution is 2.21. The fourth-order valence-corrected chi connectivity index (χ4v) is 2.23. The number of carbonyl (C=O) groups is 1. The van der Waals surface area contributed by atoms with Gasteiger partial charge in [0.25, 0.3) is 0 Å². The van der Waals surface area contributed by atoms with Crippen LogP contribution in [0, 0.1) is 11.7 Å². The third-order valence-corrected chi connectivity index (χ3v) is 3.28. The highest BCUT2D eigenvalue weighted by atomic mass is 35.5. The Kier molecular flexibility index (Phi) is 4.13. The molecule has 0 atom stereocenters. The van der Waals surface area contributed by atoms with E-state index in [1.807, 2.05) is 0 Å². The van der Waals surface area contributed by atoms with Crippen molar-refractivity contribution in [1.29, 1.82) is 0 Å². The number of ether oxygens (including phenoxy) is 1. The molecule has 1 aliphatic heterocycles. The van der Waals surface area contributed by atoms with Gasteiger partial charge in [0.15, 0.2) is 0 Å². The van der Waals surface area contributed by atoms with E-state index in [1.54, 1.807) is 0 Å². The van der Waals surface area contributed by atoms with Crippen molar-refractivity contribution >= 4 is 17.4 Å². The number of carbonyl (C=O) groups excluding carboxylic acids is 1. The first-order valence-corrected chi connectivity index (χ1v) is 6.09. The standard InChI is InChI=1S/C13H14ClFO2/c14-11-1-2-12(15)10(7-11)8-13(16)9-3-5-17-6-4-9/h1-2,7,9H,3-6,8H2. The molecule has 0 spiro atoms. The lowest BCUT2D eigenvalue weighted by Gasteiger charge is -2.20. The van der Waals surface area contributed by atoms with E-state index in [9.17, 15) is 9.18 Å².